The molecule has 0 aromatic heterocycles. The van der Waals surface area contributed by atoms with Gasteiger partial charge in [-0.3, -0.25) is 0 Å². The van der Waals surface area contributed by atoms with Crippen LogP contribution in [0.4, 0.5) is 8.78 Å². The maximum absolute atomic E-state index is 13.6. The summed E-state index contributed by atoms with van der Waals surface area (Å²) in [6.45, 7) is 0. The molecule has 1 aliphatic rings. The van der Waals surface area contributed by atoms with Crippen molar-refractivity contribution in [2.75, 3.05) is 0 Å². The van der Waals surface area contributed by atoms with E-state index in [4.69, 9.17) is 5.11 Å². The molecule has 1 N–H and O–H groups in total. The quantitative estimate of drug-likeness (QED) is 0.869. The second-order valence-electron chi connectivity index (χ2n) is 5.50. The van der Waals surface area contributed by atoms with Crippen LogP contribution >= 0.6 is 0 Å². The van der Waals surface area contributed by atoms with Crippen LogP contribution in [0.25, 0.3) is 0 Å². The summed E-state index contributed by atoms with van der Waals surface area (Å²) in [5.41, 5.74) is 0.909. The van der Waals surface area contributed by atoms with Crippen molar-refractivity contribution in [1.29, 1.82) is 0 Å². The number of aliphatic carboxylic acids is 1. The van der Waals surface area contributed by atoms with Gasteiger partial charge in [0.25, 0.3) is 0 Å². The van der Waals surface area contributed by atoms with E-state index in [1.807, 2.05) is 0 Å². The number of allylic oxidation sites excluding steroid dienone is 1. The van der Waals surface area contributed by atoms with Crippen LogP contribution in [0.2, 0.25) is 0 Å². The van der Waals surface area contributed by atoms with Gasteiger partial charge in [0.1, 0.15) is 11.6 Å². The average molecular weight is 300 g/mol. The summed E-state index contributed by atoms with van der Waals surface area (Å²) in [4.78, 5) is 10.7. The third kappa shape index (κ3) is 2.52. The van der Waals surface area contributed by atoms with Crippen molar-refractivity contribution < 1.29 is 18.7 Å². The Labute approximate surface area is 126 Å². The predicted octanol–water partition coefficient (Wildman–Crippen LogP) is 3.91. The predicted molar refractivity (Wildman–Crippen MR) is 78.5 cm³/mol. The van der Waals surface area contributed by atoms with E-state index in [0.29, 0.717) is 6.42 Å². The number of benzene rings is 2. The molecule has 0 heterocycles. The van der Waals surface area contributed by atoms with Gasteiger partial charge < -0.3 is 5.11 Å². The monoisotopic (exact) mass is 300 g/mol. The largest absolute Gasteiger partial charge is 0.478 e. The lowest BCUT2D eigenvalue weighted by molar-refractivity contribution is -0.131. The van der Waals surface area contributed by atoms with Crippen LogP contribution in [0.1, 0.15) is 17.5 Å². The van der Waals surface area contributed by atoms with E-state index in [0.717, 1.165) is 17.2 Å². The summed E-state index contributed by atoms with van der Waals surface area (Å²) in [5, 5.41) is 8.78. The summed E-state index contributed by atoms with van der Waals surface area (Å²) >= 11 is 0. The molecule has 0 spiro atoms. The molecule has 0 saturated heterocycles. The second kappa shape index (κ2) is 5.37. The van der Waals surface area contributed by atoms with Gasteiger partial charge in [-0.05, 0) is 47.7 Å². The molecule has 4 heteroatoms. The highest BCUT2D eigenvalue weighted by molar-refractivity contribution is 5.80. The molecule has 1 saturated carbocycles. The van der Waals surface area contributed by atoms with Crippen molar-refractivity contribution in [2.24, 2.45) is 5.92 Å². The summed E-state index contributed by atoms with van der Waals surface area (Å²) in [6, 6.07) is 12.4. The van der Waals surface area contributed by atoms with Gasteiger partial charge in [0.05, 0.1) is 0 Å². The van der Waals surface area contributed by atoms with Gasteiger partial charge in [0.2, 0.25) is 0 Å². The van der Waals surface area contributed by atoms with Crippen LogP contribution in [0, 0.1) is 17.6 Å². The fraction of sp³-hybridized carbons (Fsp3) is 0.167. The molecule has 112 valence electrons. The van der Waals surface area contributed by atoms with Crippen LogP contribution in [0.5, 0.6) is 0 Å². The molecule has 2 nitrogen and oxygen atoms in total. The summed E-state index contributed by atoms with van der Waals surface area (Å²) < 4.78 is 27.2. The molecule has 0 amide bonds. The van der Waals surface area contributed by atoms with Crippen molar-refractivity contribution >= 4 is 5.97 Å². The maximum Gasteiger partial charge on any atom is 0.327 e. The molecule has 2 aromatic carbocycles. The van der Waals surface area contributed by atoms with Crippen molar-refractivity contribution in [1.82, 2.24) is 0 Å². The number of hydrogen-bond donors (Lipinski definition) is 1. The van der Waals surface area contributed by atoms with Crippen molar-refractivity contribution in [2.45, 2.75) is 11.8 Å². The molecule has 1 fully saturated rings. The van der Waals surface area contributed by atoms with E-state index < -0.39 is 11.4 Å². The molecule has 0 bridgehead atoms. The van der Waals surface area contributed by atoms with Gasteiger partial charge in [0, 0.05) is 11.5 Å². The zero-order chi connectivity index (χ0) is 15.7. The van der Waals surface area contributed by atoms with E-state index in [9.17, 15) is 13.6 Å². The third-order valence-electron chi connectivity index (χ3n) is 4.17. The Bertz CT molecular complexity index is 707. The SMILES string of the molecule is O=C(O)/C=C/[C@H]1CC1(c1cccc(F)c1)c1cccc(F)c1. The highest BCUT2D eigenvalue weighted by Crippen LogP contribution is 2.59. The molecule has 0 unspecified atom stereocenters. The maximum atomic E-state index is 13.6. The zero-order valence-corrected chi connectivity index (χ0v) is 11.7. The third-order valence-corrected chi connectivity index (χ3v) is 4.17. The van der Waals surface area contributed by atoms with Crippen LogP contribution in [-0.2, 0) is 10.2 Å². The Kier molecular flexibility index (Phi) is 3.53. The van der Waals surface area contributed by atoms with Crippen LogP contribution in [-0.4, -0.2) is 11.1 Å². The Morgan fingerprint density at radius 2 is 1.64 bits per heavy atom. The Hall–Kier alpha value is -2.49. The molecular formula is C18H14F2O2. The van der Waals surface area contributed by atoms with Gasteiger partial charge in [-0.2, -0.15) is 0 Å². The standard InChI is InChI=1S/C18H14F2O2/c19-15-5-1-3-12(9-15)18(11-14(18)7-8-17(21)22)13-4-2-6-16(20)10-13/h1-10,14H,11H2,(H,21,22)/b8-7+/t14-/m0/s1. The molecule has 0 radical (unpaired) electrons. The van der Waals surface area contributed by atoms with Gasteiger partial charge in [0.15, 0.2) is 0 Å². The average Bonchev–Trinajstić information content (AvgIpc) is 3.21. The number of carboxylic acid groups (broad SMARTS) is 1. The number of hydrogen-bond acceptors (Lipinski definition) is 1. The number of rotatable bonds is 4. The minimum absolute atomic E-state index is 0.0906. The topological polar surface area (TPSA) is 37.3 Å². The van der Waals surface area contributed by atoms with E-state index in [-0.39, 0.29) is 17.6 Å². The highest BCUT2D eigenvalue weighted by atomic mass is 19.1. The smallest absolute Gasteiger partial charge is 0.327 e. The van der Waals surface area contributed by atoms with Gasteiger partial charge >= 0.3 is 5.97 Å². The fourth-order valence-corrected chi connectivity index (χ4v) is 3.08. The summed E-state index contributed by atoms with van der Waals surface area (Å²) in [5.74, 6) is -1.84. The lowest BCUT2D eigenvalue weighted by atomic mass is 9.85. The fourth-order valence-electron chi connectivity index (χ4n) is 3.08. The highest BCUT2D eigenvalue weighted by Gasteiger charge is 2.55. The first-order valence-corrected chi connectivity index (χ1v) is 6.95. The van der Waals surface area contributed by atoms with Crippen molar-refractivity contribution in [3.05, 3.63) is 83.4 Å². The zero-order valence-electron chi connectivity index (χ0n) is 11.7. The summed E-state index contributed by atoms with van der Waals surface area (Å²) in [7, 11) is 0. The Morgan fingerprint density at radius 1 is 1.09 bits per heavy atom. The summed E-state index contributed by atoms with van der Waals surface area (Å²) in [6.07, 6.45) is 3.31. The van der Waals surface area contributed by atoms with Crippen LogP contribution in [0.15, 0.2) is 60.7 Å². The first-order chi connectivity index (χ1) is 10.5. The Balaban J connectivity index is 2.07. The second-order valence-corrected chi connectivity index (χ2v) is 5.50. The molecule has 1 atom stereocenters. The van der Waals surface area contributed by atoms with Crippen LogP contribution < -0.4 is 0 Å². The van der Waals surface area contributed by atoms with Gasteiger partial charge in [-0.25, -0.2) is 13.6 Å². The lowest BCUT2D eigenvalue weighted by Gasteiger charge is -2.18. The first kappa shape index (κ1) is 14.4. The molecule has 22 heavy (non-hydrogen) atoms. The van der Waals surface area contributed by atoms with Crippen molar-refractivity contribution in [3.63, 3.8) is 0 Å². The van der Waals surface area contributed by atoms with E-state index in [2.05, 4.69) is 0 Å². The number of carbonyl (C=O) groups is 1. The molecule has 3 rings (SSSR count). The van der Waals surface area contributed by atoms with Gasteiger partial charge in [-0.15, -0.1) is 0 Å². The minimum Gasteiger partial charge on any atom is -0.478 e. The molecule has 2 aromatic rings. The van der Waals surface area contributed by atoms with Gasteiger partial charge in [-0.1, -0.05) is 30.3 Å². The normalized spacial score (nSPS) is 19.3. The van der Waals surface area contributed by atoms with E-state index in [1.54, 1.807) is 30.3 Å². The Morgan fingerprint density at radius 3 is 2.09 bits per heavy atom. The lowest BCUT2D eigenvalue weighted by Crippen LogP contribution is -2.12. The van der Waals surface area contributed by atoms with Crippen molar-refractivity contribution in [3.8, 4) is 0 Å². The molecular weight excluding hydrogens is 286 g/mol. The number of carboxylic acids is 1. The first-order valence-electron chi connectivity index (χ1n) is 6.95. The van der Waals surface area contributed by atoms with Crippen LogP contribution in [0.3, 0.4) is 0 Å². The number of halogens is 2. The molecule has 1 aliphatic carbocycles. The minimum atomic E-state index is -1.03. The van der Waals surface area contributed by atoms with E-state index in [1.165, 1.54) is 24.3 Å². The van der Waals surface area contributed by atoms with E-state index >= 15 is 0 Å². The molecule has 0 aliphatic heterocycles.